The molecule has 0 spiro atoms. The molecule has 0 fully saturated rings. The molecule has 3 aromatic rings. The van der Waals surface area contributed by atoms with Crippen LogP contribution in [-0.2, 0) is 0 Å². The van der Waals surface area contributed by atoms with Crippen LogP contribution in [0.4, 0.5) is 0 Å². The lowest BCUT2D eigenvalue weighted by Crippen LogP contribution is -1.90. The van der Waals surface area contributed by atoms with E-state index in [4.69, 9.17) is 4.42 Å². The van der Waals surface area contributed by atoms with Gasteiger partial charge in [-0.3, -0.25) is 9.20 Å². The standard InChI is InChI=1S/C13H10N2O2/c1-9-2-5-12(17-9)13-14-6-11-4-3-10(8-16)7-15(11)13/h2-8H,1H3. The first-order valence-electron chi connectivity index (χ1n) is 5.27. The molecule has 0 atom stereocenters. The average molecular weight is 226 g/mol. The Labute approximate surface area is 97.5 Å². The smallest absolute Gasteiger partial charge is 0.180 e. The van der Waals surface area contributed by atoms with Crippen molar-refractivity contribution in [2.24, 2.45) is 0 Å². The molecule has 17 heavy (non-hydrogen) atoms. The van der Waals surface area contributed by atoms with Gasteiger partial charge in [0.15, 0.2) is 17.9 Å². The molecule has 0 N–H and O–H groups in total. The molecule has 4 nitrogen and oxygen atoms in total. The van der Waals surface area contributed by atoms with E-state index in [2.05, 4.69) is 4.98 Å². The van der Waals surface area contributed by atoms with Crippen molar-refractivity contribution in [1.82, 2.24) is 9.38 Å². The summed E-state index contributed by atoms with van der Waals surface area (Å²) in [6.45, 7) is 1.89. The van der Waals surface area contributed by atoms with Gasteiger partial charge in [-0.1, -0.05) is 0 Å². The van der Waals surface area contributed by atoms with E-state index in [0.29, 0.717) is 17.1 Å². The van der Waals surface area contributed by atoms with Crippen LogP contribution in [-0.4, -0.2) is 15.7 Å². The second-order valence-corrected chi connectivity index (χ2v) is 3.87. The van der Waals surface area contributed by atoms with Crippen molar-refractivity contribution >= 4 is 11.8 Å². The van der Waals surface area contributed by atoms with E-state index in [-0.39, 0.29) is 0 Å². The molecule has 0 aromatic carbocycles. The number of aromatic nitrogens is 2. The van der Waals surface area contributed by atoms with E-state index in [9.17, 15) is 4.79 Å². The second-order valence-electron chi connectivity index (χ2n) is 3.87. The molecule has 0 unspecified atom stereocenters. The van der Waals surface area contributed by atoms with E-state index in [1.54, 1.807) is 18.5 Å². The van der Waals surface area contributed by atoms with Crippen LogP contribution in [0.5, 0.6) is 0 Å². The normalized spacial score (nSPS) is 10.9. The first-order chi connectivity index (χ1) is 8.28. The SMILES string of the molecule is Cc1ccc(-c2ncc3ccc(C=O)cn23)o1. The van der Waals surface area contributed by atoms with Crippen molar-refractivity contribution < 1.29 is 9.21 Å². The predicted molar refractivity (Wildman–Crippen MR) is 63.0 cm³/mol. The summed E-state index contributed by atoms with van der Waals surface area (Å²) >= 11 is 0. The molecule has 3 rings (SSSR count). The van der Waals surface area contributed by atoms with Gasteiger partial charge in [0, 0.05) is 11.8 Å². The topological polar surface area (TPSA) is 47.5 Å². The highest BCUT2D eigenvalue weighted by Gasteiger charge is 2.09. The van der Waals surface area contributed by atoms with Crippen LogP contribution in [0.25, 0.3) is 17.1 Å². The van der Waals surface area contributed by atoms with Gasteiger partial charge in [0.05, 0.1) is 11.7 Å². The first kappa shape index (κ1) is 9.84. The summed E-state index contributed by atoms with van der Waals surface area (Å²) in [7, 11) is 0. The second kappa shape index (κ2) is 3.59. The zero-order chi connectivity index (χ0) is 11.8. The highest BCUT2D eigenvalue weighted by atomic mass is 16.3. The number of rotatable bonds is 2. The summed E-state index contributed by atoms with van der Waals surface area (Å²) < 4.78 is 7.39. The van der Waals surface area contributed by atoms with E-state index < -0.39 is 0 Å². The first-order valence-corrected chi connectivity index (χ1v) is 5.27. The Hall–Kier alpha value is -2.36. The summed E-state index contributed by atoms with van der Waals surface area (Å²) in [4.78, 5) is 15.1. The Bertz CT molecular complexity index is 694. The zero-order valence-corrected chi connectivity index (χ0v) is 9.25. The lowest BCUT2D eigenvalue weighted by Gasteiger charge is -1.99. The molecule has 0 aliphatic rings. The van der Waals surface area contributed by atoms with Gasteiger partial charge < -0.3 is 4.42 Å². The number of aldehydes is 1. The van der Waals surface area contributed by atoms with Gasteiger partial charge in [0.2, 0.25) is 0 Å². The van der Waals surface area contributed by atoms with Crippen LogP contribution in [0.3, 0.4) is 0 Å². The highest BCUT2D eigenvalue weighted by Crippen LogP contribution is 2.22. The van der Waals surface area contributed by atoms with Crippen LogP contribution in [0.1, 0.15) is 16.1 Å². The molecule has 84 valence electrons. The maximum Gasteiger partial charge on any atom is 0.180 e. The van der Waals surface area contributed by atoms with Gasteiger partial charge in [-0.05, 0) is 31.2 Å². The Morgan fingerprint density at radius 3 is 2.88 bits per heavy atom. The number of carbonyl (C=O) groups is 1. The summed E-state index contributed by atoms with van der Waals surface area (Å²) in [5.41, 5.74) is 1.54. The maximum atomic E-state index is 10.8. The minimum absolute atomic E-state index is 0.611. The number of fused-ring (bicyclic) bond motifs is 1. The number of hydrogen-bond acceptors (Lipinski definition) is 3. The van der Waals surface area contributed by atoms with Gasteiger partial charge in [-0.2, -0.15) is 0 Å². The van der Waals surface area contributed by atoms with Crippen LogP contribution in [0, 0.1) is 6.92 Å². The number of carbonyl (C=O) groups excluding carboxylic acids is 1. The van der Waals surface area contributed by atoms with Crippen LogP contribution in [0.15, 0.2) is 41.1 Å². The maximum absolute atomic E-state index is 10.8. The number of imidazole rings is 1. The van der Waals surface area contributed by atoms with Crippen LogP contribution >= 0.6 is 0 Å². The fraction of sp³-hybridized carbons (Fsp3) is 0.0769. The van der Waals surface area contributed by atoms with Crippen molar-refractivity contribution in [2.45, 2.75) is 6.92 Å². The molecule has 0 saturated carbocycles. The molecule has 0 radical (unpaired) electrons. The molecule has 0 bridgehead atoms. The minimum atomic E-state index is 0.611. The molecule has 3 aromatic heterocycles. The summed E-state index contributed by atoms with van der Waals surface area (Å²) in [5.74, 6) is 2.24. The zero-order valence-electron chi connectivity index (χ0n) is 9.25. The van der Waals surface area contributed by atoms with Gasteiger partial charge in [0.1, 0.15) is 5.76 Å². The Morgan fingerprint density at radius 2 is 2.18 bits per heavy atom. The van der Waals surface area contributed by atoms with Gasteiger partial charge in [-0.15, -0.1) is 0 Å². The Morgan fingerprint density at radius 1 is 1.29 bits per heavy atom. The fourth-order valence-corrected chi connectivity index (χ4v) is 1.81. The monoisotopic (exact) mass is 226 g/mol. The highest BCUT2D eigenvalue weighted by molar-refractivity contribution is 5.75. The average Bonchev–Trinajstić information content (AvgIpc) is 2.93. The lowest BCUT2D eigenvalue weighted by atomic mass is 10.3. The minimum Gasteiger partial charge on any atom is -0.458 e. The third-order valence-corrected chi connectivity index (χ3v) is 2.65. The quantitative estimate of drug-likeness (QED) is 0.631. The third-order valence-electron chi connectivity index (χ3n) is 2.65. The number of hydrogen-bond donors (Lipinski definition) is 0. The molecule has 4 heteroatoms. The molecule has 0 amide bonds. The van der Waals surface area contributed by atoms with Crippen molar-refractivity contribution in [3.63, 3.8) is 0 Å². The van der Waals surface area contributed by atoms with Crippen LogP contribution < -0.4 is 0 Å². The third kappa shape index (κ3) is 1.54. The molecule has 0 saturated heterocycles. The number of nitrogens with zero attached hydrogens (tertiary/aromatic N) is 2. The van der Waals surface area contributed by atoms with Crippen molar-refractivity contribution in [3.05, 3.63) is 48.0 Å². The van der Waals surface area contributed by atoms with E-state index >= 15 is 0 Å². The van der Waals surface area contributed by atoms with Gasteiger partial charge in [-0.25, -0.2) is 4.98 Å². The lowest BCUT2D eigenvalue weighted by molar-refractivity contribution is 0.112. The molecule has 3 heterocycles. The van der Waals surface area contributed by atoms with E-state index in [1.807, 2.05) is 29.5 Å². The Kier molecular flexibility index (Phi) is 2.08. The largest absolute Gasteiger partial charge is 0.458 e. The summed E-state index contributed by atoms with van der Waals surface area (Å²) in [5, 5.41) is 0. The summed E-state index contributed by atoms with van der Waals surface area (Å²) in [6, 6.07) is 7.38. The van der Waals surface area contributed by atoms with E-state index in [1.165, 1.54) is 0 Å². The number of aryl methyl sites for hydroxylation is 1. The predicted octanol–water partition coefficient (Wildman–Crippen LogP) is 2.72. The number of pyridine rings is 1. The van der Waals surface area contributed by atoms with Crippen LogP contribution in [0.2, 0.25) is 0 Å². The van der Waals surface area contributed by atoms with Gasteiger partial charge in [0.25, 0.3) is 0 Å². The molecule has 0 aliphatic heterocycles. The van der Waals surface area contributed by atoms with Crippen molar-refractivity contribution in [1.29, 1.82) is 0 Å². The fourth-order valence-electron chi connectivity index (χ4n) is 1.81. The molecular weight excluding hydrogens is 216 g/mol. The van der Waals surface area contributed by atoms with Crippen molar-refractivity contribution in [3.8, 4) is 11.6 Å². The molecular formula is C13H10N2O2. The van der Waals surface area contributed by atoms with E-state index in [0.717, 1.165) is 17.6 Å². The van der Waals surface area contributed by atoms with Crippen molar-refractivity contribution in [2.75, 3.05) is 0 Å². The van der Waals surface area contributed by atoms with Gasteiger partial charge >= 0.3 is 0 Å². The number of furan rings is 1. The Balaban J connectivity index is 2.26. The molecule has 0 aliphatic carbocycles. The summed E-state index contributed by atoms with van der Waals surface area (Å²) in [6.07, 6.45) is 4.32.